The number of nitro groups is 1. The van der Waals surface area contributed by atoms with E-state index < -0.39 is 10.8 Å². The van der Waals surface area contributed by atoms with Crippen LogP contribution in [-0.4, -0.2) is 24.5 Å². The summed E-state index contributed by atoms with van der Waals surface area (Å²) in [6, 6.07) is 18.0. The highest BCUT2D eigenvalue weighted by Crippen LogP contribution is 2.31. The minimum absolute atomic E-state index is 0.0621. The minimum atomic E-state index is -0.799. The molecule has 0 heterocycles. The normalized spacial score (nSPS) is 10.8. The Morgan fingerprint density at radius 2 is 1.86 bits per heavy atom. The molecule has 184 valence electrons. The number of benzene rings is 3. The summed E-state index contributed by atoms with van der Waals surface area (Å²) in [7, 11) is 1.37. The van der Waals surface area contributed by atoms with Crippen molar-refractivity contribution in [3.8, 4) is 23.3 Å². The lowest BCUT2D eigenvalue weighted by atomic mass is 10.1. The first-order chi connectivity index (χ1) is 17.3. The number of anilines is 1. The number of nitriles is 1. The molecular weight excluding hydrogens is 486 g/mol. The molecule has 0 spiro atoms. The van der Waals surface area contributed by atoms with Crippen molar-refractivity contribution in [2.75, 3.05) is 19.0 Å². The van der Waals surface area contributed by atoms with Gasteiger partial charge in [0.15, 0.2) is 11.5 Å². The van der Waals surface area contributed by atoms with E-state index in [1.165, 1.54) is 31.4 Å². The van der Waals surface area contributed by atoms with Crippen LogP contribution in [-0.2, 0) is 11.4 Å². The molecule has 1 N–H and O–H groups in total. The fraction of sp³-hybridized carbons (Fsp3) is 0.154. The van der Waals surface area contributed by atoms with Gasteiger partial charge in [-0.15, -0.1) is 0 Å². The monoisotopic (exact) mass is 507 g/mol. The third-order valence-electron chi connectivity index (χ3n) is 4.90. The zero-order valence-electron chi connectivity index (χ0n) is 19.5. The van der Waals surface area contributed by atoms with E-state index >= 15 is 0 Å². The molecule has 0 saturated heterocycles. The minimum Gasteiger partial charge on any atom is -0.496 e. The van der Waals surface area contributed by atoms with Crippen LogP contribution in [0.4, 0.5) is 11.4 Å². The summed E-state index contributed by atoms with van der Waals surface area (Å²) >= 11 is 5.91. The van der Waals surface area contributed by atoms with E-state index in [0.717, 1.165) is 5.56 Å². The van der Waals surface area contributed by atoms with Gasteiger partial charge < -0.3 is 19.5 Å². The molecule has 10 heteroatoms. The Kier molecular flexibility index (Phi) is 8.86. The Morgan fingerprint density at radius 3 is 2.50 bits per heavy atom. The molecule has 0 fully saturated rings. The number of hydrogen-bond acceptors (Lipinski definition) is 7. The summed E-state index contributed by atoms with van der Waals surface area (Å²) in [5.41, 5.74) is 0.751. The fourth-order valence-electron chi connectivity index (χ4n) is 3.14. The standard InChI is InChI=1S/C26H22ClN3O6/c1-3-35-25-13-18(6-11-24(25)36-16-17-4-7-20(27)8-5-17)12-19(15-28)26(31)29-22-10-9-21(34-2)14-23(22)30(32)33/h4-14H,3,16H2,1-2H3,(H,29,31)/b19-12+. The first kappa shape index (κ1) is 26.1. The Hall–Kier alpha value is -4.55. The van der Waals surface area contributed by atoms with Crippen LogP contribution in [0.1, 0.15) is 18.1 Å². The number of ether oxygens (including phenoxy) is 3. The number of carbonyl (C=O) groups excluding carboxylic acids is 1. The van der Waals surface area contributed by atoms with Gasteiger partial charge >= 0.3 is 0 Å². The maximum Gasteiger partial charge on any atom is 0.296 e. The number of halogens is 1. The first-order valence-corrected chi connectivity index (χ1v) is 11.1. The SMILES string of the molecule is CCOc1cc(/C=C(\C#N)C(=O)Nc2ccc(OC)cc2[N+](=O)[O-])ccc1OCc1ccc(Cl)cc1. The third kappa shape index (κ3) is 6.74. The quantitative estimate of drug-likeness (QED) is 0.159. The first-order valence-electron chi connectivity index (χ1n) is 10.7. The third-order valence-corrected chi connectivity index (χ3v) is 5.15. The summed E-state index contributed by atoms with van der Waals surface area (Å²) < 4.78 is 16.5. The largest absolute Gasteiger partial charge is 0.496 e. The number of rotatable bonds is 10. The zero-order chi connectivity index (χ0) is 26.1. The highest BCUT2D eigenvalue weighted by atomic mass is 35.5. The Morgan fingerprint density at radius 1 is 1.11 bits per heavy atom. The number of methoxy groups -OCH3 is 1. The van der Waals surface area contributed by atoms with Gasteiger partial charge in [0, 0.05) is 5.02 Å². The van der Waals surface area contributed by atoms with Crippen molar-refractivity contribution in [3.05, 3.63) is 92.5 Å². The van der Waals surface area contributed by atoms with E-state index in [2.05, 4.69) is 5.32 Å². The van der Waals surface area contributed by atoms with Gasteiger partial charge in [0.1, 0.15) is 29.7 Å². The van der Waals surface area contributed by atoms with Gasteiger partial charge in [-0.2, -0.15) is 5.26 Å². The van der Waals surface area contributed by atoms with E-state index in [1.807, 2.05) is 25.1 Å². The van der Waals surface area contributed by atoms with Crippen LogP contribution in [0.5, 0.6) is 17.2 Å². The molecule has 0 saturated carbocycles. The van der Waals surface area contributed by atoms with Crippen molar-refractivity contribution < 1.29 is 23.9 Å². The molecule has 0 aliphatic heterocycles. The van der Waals surface area contributed by atoms with Crippen molar-refractivity contribution in [1.29, 1.82) is 5.26 Å². The van der Waals surface area contributed by atoms with Crippen molar-refractivity contribution >= 4 is 35.0 Å². The average Bonchev–Trinajstić information content (AvgIpc) is 2.88. The van der Waals surface area contributed by atoms with Crippen LogP contribution < -0.4 is 19.5 Å². The Bertz CT molecular complexity index is 1330. The lowest BCUT2D eigenvalue weighted by Crippen LogP contribution is -2.14. The second-order valence-corrected chi connectivity index (χ2v) is 7.75. The molecule has 3 aromatic carbocycles. The van der Waals surface area contributed by atoms with E-state index in [4.69, 9.17) is 25.8 Å². The molecule has 0 aromatic heterocycles. The highest BCUT2D eigenvalue weighted by molar-refractivity contribution is 6.30. The maximum atomic E-state index is 12.7. The van der Waals surface area contributed by atoms with E-state index in [0.29, 0.717) is 35.3 Å². The Labute approximate surface area is 212 Å². The fourth-order valence-corrected chi connectivity index (χ4v) is 3.27. The van der Waals surface area contributed by atoms with Crippen molar-refractivity contribution in [1.82, 2.24) is 0 Å². The van der Waals surface area contributed by atoms with Gasteiger partial charge in [0.2, 0.25) is 0 Å². The molecule has 1 amide bonds. The van der Waals surface area contributed by atoms with Crippen molar-refractivity contribution in [2.24, 2.45) is 0 Å². The van der Waals surface area contributed by atoms with Crippen LogP contribution in [0.25, 0.3) is 6.08 Å². The lowest BCUT2D eigenvalue weighted by Gasteiger charge is -2.13. The van der Waals surface area contributed by atoms with Gasteiger partial charge in [-0.25, -0.2) is 0 Å². The van der Waals surface area contributed by atoms with E-state index in [9.17, 15) is 20.2 Å². The average molecular weight is 508 g/mol. The predicted octanol–water partition coefficient (Wildman–Crippen LogP) is 5.78. The summed E-state index contributed by atoms with van der Waals surface area (Å²) in [5.74, 6) is 0.383. The van der Waals surface area contributed by atoms with Crippen molar-refractivity contribution in [2.45, 2.75) is 13.5 Å². The summed E-state index contributed by atoms with van der Waals surface area (Å²) in [5, 5.41) is 24.0. The van der Waals surface area contributed by atoms with Crippen LogP contribution in [0.15, 0.2) is 66.2 Å². The number of amides is 1. The van der Waals surface area contributed by atoms with Gasteiger partial charge in [-0.05, 0) is 60.5 Å². The molecule has 0 atom stereocenters. The van der Waals surface area contributed by atoms with Crippen LogP contribution in [0.3, 0.4) is 0 Å². The highest BCUT2D eigenvalue weighted by Gasteiger charge is 2.19. The molecule has 3 aromatic rings. The summed E-state index contributed by atoms with van der Waals surface area (Å²) in [6.45, 7) is 2.48. The van der Waals surface area contributed by atoms with Crippen LogP contribution in [0, 0.1) is 21.4 Å². The predicted molar refractivity (Wildman–Crippen MR) is 135 cm³/mol. The molecular formula is C26H22ClN3O6. The Balaban J connectivity index is 1.81. The molecule has 0 aliphatic carbocycles. The zero-order valence-corrected chi connectivity index (χ0v) is 20.2. The number of hydrogen-bond donors (Lipinski definition) is 1. The van der Waals surface area contributed by atoms with E-state index in [1.54, 1.807) is 30.3 Å². The number of nitrogens with zero attached hydrogens (tertiary/aromatic N) is 2. The summed E-state index contributed by atoms with van der Waals surface area (Å²) in [4.78, 5) is 23.4. The molecule has 0 radical (unpaired) electrons. The van der Waals surface area contributed by atoms with Gasteiger partial charge in [0.25, 0.3) is 11.6 Å². The molecule has 3 rings (SSSR count). The number of nitrogens with one attached hydrogen (secondary N) is 1. The molecule has 9 nitrogen and oxygen atoms in total. The molecule has 0 aliphatic rings. The molecule has 36 heavy (non-hydrogen) atoms. The topological polar surface area (TPSA) is 124 Å². The van der Waals surface area contributed by atoms with Crippen molar-refractivity contribution in [3.63, 3.8) is 0 Å². The van der Waals surface area contributed by atoms with Gasteiger partial charge in [-0.3, -0.25) is 14.9 Å². The number of carbonyl (C=O) groups is 1. The smallest absolute Gasteiger partial charge is 0.296 e. The van der Waals surface area contributed by atoms with Gasteiger partial charge in [0.05, 0.1) is 24.7 Å². The maximum absolute atomic E-state index is 12.7. The second kappa shape index (κ2) is 12.2. The van der Waals surface area contributed by atoms with Crippen LogP contribution >= 0.6 is 11.6 Å². The van der Waals surface area contributed by atoms with Crippen LogP contribution in [0.2, 0.25) is 5.02 Å². The number of nitro benzene ring substituents is 1. The summed E-state index contributed by atoms with van der Waals surface area (Å²) in [6.07, 6.45) is 1.36. The van der Waals surface area contributed by atoms with E-state index in [-0.39, 0.29) is 22.7 Å². The molecule has 0 bridgehead atoms. The van der Waals surface area contributed by atoms with Gasteiger partial charge in [-0.1, -0.05) is 29.8 Å². The second-order valence-electron chi connectivity index (χ2n) is 7.32. The lowest BCUT2D eigenvalue weighted by molar-refractivity contribution is -0.384. The molecule has 0 unspecified atom stereocenters.